The van der Waals surface area contributed by atoms with Crippen LogP contribution in [-0.4, -0.2) is 25.5 Å². The van der Waals surface area contributed by atoms with Crippen molar-refractivity contribution in [2.45, 2.75) is 19.3 Å². The van der Waals surface area contributed by atoms with E-state index in [0.29, 0.717) is 11.8 Å². The molecule has 0 bridgehead atoms. The Hall–Kier alpha value is -1.35. The Labute approximate surface area is 108 Å². The molecule has 3 rings (SSSR count). The number of hydrogen-bond acceptors (Lipinski definition) is 2. The summed E-state index contributed by atoms with van der Waals surface area (Å²) in [6.07, 6.45) is 1.01. The lowest BCUT2D eigenvalue weighted by Crippen LogP contribution is -2.48. The molecule has 3 nitrogen and oxygen atoms in total. The first kappa shape index (κ1) is 11.7. The summed E-state index contributed by atoms with van der Waals surface area (Å²) < 4.78 is 0. The Kier molecular flexibility index (Phi) is 3.08. The minimum atomic E-state index is 0.208. The second kappa shape index (κ2) is 4.73. The maximum absolute atomic E-state index is 12.0. The molecule has 2 fully saturated rings. The van der Waals surface area contributed by atoms with Crippen LogP contribution in [0.2, 0.25) is 0 Å². The topological polar surface area (TPSA) is 41.1 Å². The van der Waals surface area contributed by atoms with Crippen LogP contribution in [0.5, 0.6) is 0 Å². The zero-order valence-corrected chi connectivity index (χ0v) is 10.8. The molecule has 0 radical (unpaired) electrons. The van der Waals surface area contributed by atoms with Crippen LogP contribution in [0.25, 0.3) is 0 Å². The van der Waals surface area contributed by atoms with E-state index in [-0.39, 0.29) is 11.8 Å². The summed E-state index contributed by atoms with van der Waals surface area (Å²) in [6, 6.07) is 8.40. The van der Waals surface area contributed by atoms with E-state index in [1.807, 2.05) is 0 Å². The third-order valence-electron chi connectivity index (χ3n) is 4.15. The molecule has 2 aliphatic rings. The van der Waals surface area contributed by atoms with E-state index in [1.165, 1.54) is 11.1 Å². The summed E-state index contributed by atoms with van der Waals surface area (Å²) >= 11 is 0. The molecule has 2 N–H and O–H groups in total. The molecule has 96 valence electrons. The number of rotatable bonds is 4. The number of carbonyl (C=O) groups is 1. The third-order valence-corrected chi connectivity index (χ3v) is 4.15. The van der Waals surface area contributed by atoms with Gasteiger partial charge in [-0.2, -0.15) is 0 Å². The van der Waals surface area contributed by atoms with Gasteiger partial charge in [-0.25, -0.2) is 0 Å². The molecule has 1 aliphatic carbocycles. The molecule has 18 heavy (non-hydrogen) atoms. The number of benzene rings is 1. The van der Waals surface area contributed by atoms with Gasteiger partial charge < -0.3 is 10.6 Å². The number of carbonyl (C=O) groups excluding carboxylic acids is 1. The van der Waals surface area contributed by atoms with Gasteiger partial charge in [0.2, 0.25) is 5.91 Å². The van der Waals surface area contributed by atoms with Gasteiger partial charge >= 0.3 is 0 Å². The molecular formula is C15H20N2O. The SMILES string of the molecule is Cc1ccccc1C1CC1C(=O)NCC1CNC1. The highest BCUT2D eigenvalue weighted by Crippen LogP contribution is 2.48. The van der Waals surface area contributed by atoms with Crippen molar-refractivity contribution in [2.24, 2.45) is 11.8 Å². The van der Waals surface area contributed by atoms with Crippen LogP contribution < -0.4 is 10.6 Å². The molecule has 0 aromatic heterocycles. The van der Waals surface area contributed by atoms with Crippen molar-refractivity contribution in [3.63, 3.8) is 0 Å². The van der Waals surface area contributed by atoms with Crippen molar-refractivity contribution in [1.82, 2.24) is 10.6 Å². The molecule has 1 aromatic rings. The van der Waals surface area contributed by atoms with Crippen LogP contribution in [0.3, 0.4) is 0 Å². The van der Waals surface area contributed by atoms with E-state index in [4.69, 9.17) is 0 Å². The lowest BCUT2D eigenvalue weighted by Gasteiger charge is -2.27. The molecule has 1 heterocycles. The normalized spacial score (nSPS) is 26.5. The maximum Gasteiger partial charge on any atom is 0.223 e. The van der Waals surface area contributed by atoms with Gasteiger partial charge in [0.15, 0.2) is 0 Å². The van der Waals surface area contributed by atoms with Gasteiger partial charge in [-0.05, 0) is 30.4 Å². The van der Waals surface area contributed by atoms with Crippen molar-refractivity contribution in [1.29, 1.82) is 0 Å². The molecule has 1 amide bonds. The van der Waals surface area contributed by atoms with E-state index >= 15 is 0 Å². The van der Waals surface area contributed by atoms with Crippen LogP contribution in [-0.2, 0) is 4.79 Å². The van der Waals surface area contributed by atoms with E-state index in [9.17, 15) is 4.79 Å². The molecule has 1 saturated carbocycles. The fourth-order valence-corrected chi connectivity index (χ4v) is 2.70. The Morgan fingerprint density at radius 2 is 2.17 bits per heavy atom. The highest BCUT2D eigenvalue weighted by Gasteiger charge is 2.44. The smallest absolute Gasteiger partial charge is 0.223 e. The standard InChI is InChI=1S/C15H20N2O/c1-10-4-2-3-5-12(10)13-6-14(13)15(18)17-9-11-7-16-8-11/h2-5,11,13-14,16H,6-9H2,1H3,(H,17,18). The average Bonchev–Trinajstić information content (AvgIpc) is 3.07. The van der Waals surface area contributed by atoms with E-state index < -0.39 is 0 Å². The summed E-state index contributed by atoms with van der Waals surface area (Å²) in [5.41, 5.74) is 2.66. The molecular weight excluding hydrogens is 224 g/mol. The van der Waals surface area contributed by atoms with Gasteiger partial charge in [0.05, 0.1) is 0 Å². The zero-order valence-electron chi connectivity index (χ0n) is 10.8. The highest BCUT2D eigenvalue weighted by atomic mass is 16.2. The minimum absolute atomic E-state index is 0.208. The van der Waals surface area contributed by atoms with Gasteiger partial charge in [-0.15, -0.1) is 0 Å². The third kappa shape index (κ3) is 2.27. The van der Waals surface area contributed by atoms with Crippen LogP contribution in [0.4, 0.5) is 0 Å². The van der Waals surface area contributed by atoms with Crippen LogP contribution >= 0.6 is 0 Å². The van der Waals surface area contributed by atoms with Gasteiger partial charge in [0.25, 0.3) is 0 Å². The monoisotopic (exact) mass is 244 g/mol. The quantitative estimate of drug-likeness (QED) is 0.841. The van der Waals surface area contributed by atoms with Gasteiger partial charge in [0, 0.05) is 31.5 Å². The molecule has 3 heteroatoms. The number of amides is 1. The van der Waals surface area contributed by atoms with Gasteiger partial charge in [-0.3, -0.25) is 4.79 Å². The first-order valence-electron chi connectivity index (χ1n) is 6.79. The van der Waals surface area contributed by atoms with Crippen molar-refractivity contribution in [3.8, 4) is 0 Å². The lowest BCUT2D eigenvalue weighted by molar-refractivity contribution is -0.122. The van der Waals surface area contributed by atoms with Gasteiger partial charge in [0.1, 0.15) is 0 Å². The van der Waals surface area contributed by atoms with Crippen LogP contribution in [0, 0.1) is 18.8 Å². The molecule has 2 atom stereocenters. The second-order valence-electron chi connectivity index (χ2n) is 5.57. The predicted octanol–water partition coefficient (Wildman–Crippen LogP) is 1.43. The number of aryl methyl sites for hydroxylation is 1. The summed E-state index contributed by atoms with van der Waals surface area (Å²) in [7, 11) is 0. The minimum Gasteiger partial charge on any atom is -0.355 e. The molecule has 1 aromatic carbocycles. The first-order valence-corrected chi connectivity index (χ1v) is 6.79. The molecule has 0 spiro atoms. The Bertz CT molecular complexity index is 454. The summed E-state index contributed by atoms with van der Waals surface area (Å²) in [5, 5.41) is 6.31. The van der Waals surface area contributed by atoms with Crippen molar-refractivity contribution >= 4 is 5.91 Å². The van der Waals surface area contributed by atoms with Crippen molar-refractivity contribution in [3.05, 3.63) is 35.4 Å². The summed E-state index contributed by atoms with van der Waals surface area (Å²) in [6.45, 7) is 5.06. The predicted molar refractivity (Wildman–Crippen MR) is 71.4 cm³/mol. The Morgan fingerprint density at radius 1 is 1.39 bits per heavy atom. The zero-order chi connectivity index (χ0) is 12.5. The fraction of sp³-hybridized carbons (Fsp3) is 0.533. The largest absolute Gasteiger partial charge is 0.355 e. The van der Waals surface area contributed by atoms with Gasteiger partial charge in [-0.1, -0.05) is 24.3 Å². The Morgan fingerprint density at radius 3 is 2.83 bits per heavy atom. The second-order valence-corrected chi connectivity index (χ2v) is 5.57. The molecule has 1 aliphatic heterocycles. The Balaban J connectivity index is 1.53. The van der Waals surface area contributed by atoms with Crippen LogP contribution in [0.15, 0.2) is 24.3 Å². The lowest BCUT2D eigenvalue weighted by atomic mass is 10.0. The number of nitrogens with one attached hydrogen (secondary N) is 2. The summed E-state index contributed by atoms with van der Waals surface area (Å²) in [4.78, 5) is 12.0. The van der Waals surface area contributed by atoms with E-state index in [1.54, 1.807) is 0 Å². The molecule has 1 saturated heterocycles. The number of hydrogen-bond donors (Lipinski definition) is 2. The molecule has 2 unspecified atom stereocenters. The highest BCUT2D eigenvalue weighted by molar-refractivity contribution is 5.83. The van der Waals surface area contributed by atoms with Crippen molar-refractivity contribution < 1.29 is 4.79 Å². The fourth-order valence-electron chi connectivity index (χ4n) is 2.70. The average molecular weight is 244 g/mol. The maximum atomic E-state index is 12.0. The van der Waals surface area contributed by atoms with E-state index in [0.717, 1.165) is 26.1 Å². The van der Waals surface area contributed by atoms with Crippen molar-refractivity contribution in [2.75, 3.05) is 19.6 Å². The van der Waals surface area contributed by atoms with Crippen LogP contribution in [0.1, 0.15) is 23.5 Å². The summed E-state index contributed by atoms with van der Waals surface area (Å²) in [5.74, 6) is 1.55. The van der Waals surface area contributed by atoms with E-state index in [2.05, 4.69) is 41.8 Å². The first-order chi connectivity index (χ1) is 8.75.